The molecule has 2 saturated carbocycles. The number of piperidine rings is 2. The van der Waals surface area contributed by atoms with Crippen molar-refractivity contribution in [3.05, 3.63) is 78.6 Å². The molecule has 2 aliphatic carbocycles. The molecule has 5 aromatic rings. The van der Waals surface area contributed by atoms with Crippen LogP contribution in [0.2, 0.25) is 0 Å². The summed E-state index contributed by atoms with van der Waals surface area (Å²) in [6, 6.07) is 16.8. The van der Waals surface area contributed by atoms with Crippen LogP contribution < -0.4 is 10.6 Å². The summed E-state index contributed by atoms with van der Waals surface area (Å²) in [5.41, 5.74) is 6.26. The highest BCUT2D eigenvalue weighted by molar-refractivity contribution is 5.89. The van der Waals surface area contributed by atoms with Crippen LogP contribution in [-0.4, -0.2) is 95.1 Å². The van der Waals surface area contributed by atoms with Crippen molar-refractivity contribution in [2.24, 2.45) is 23.7 Å². The van der Waals surface area contributed by atoms with Crippen LogP contribution in [0.4, 0.5) is 9.59 Å². The van der Waals surface area contributed by atoms with Crippen LogP contribution in [0, 0.1) is 23.7 Å². The van der Waals surface area contributed by atoms with Crippen LogP contribution in [0.3, 0.4) is 0 Å². The molecular formula is C44H49N9O6. The Hall–Kier alpha value is -6.25. The minimum absolute atomic E-state index is 0.103. The number of nitrogens with one attached hydrogen (secondary N) is 4. The molecule has 4 amide bonds. The number of rotatable bonds is 11. The number of aromatic amines is 2. The Morgan fingerprint density at radius 3 is 1.83 bits per heavy atom. The molecule has 306 valence electrons. The number of aromatic nitrogens is 5. The molecule has 9 rings (SSSR count). The molecule has 3 aromatic heterocycles. The maximum atomic E-state index is 13.8. The van der Waals surface area contributed by atoms with Gasteiger partial charge < -0.3 is 40.2 Å². The van der Waals surface area contributed by atoms with Crippen molar-refractivity contribution in [3.8, 4) is 33.8 Å². The van der Waals surface area contributed by atoms with Gasteiger partial charge in [0.05, 0.1) is 54.2 Å². The van der Waals surface area contributed by atoms with Crippen LogP contribution in [-0.2, 0) is 14.3 Å². The van der Waals surface area contributed by atoms with Crippen LogP contribution >= 0.6 is 0 Å². The van der Waals surface area contributed by atoms with Gasteiger partial charge in [0.2, 0.25) is 11.8 Å². The predicted octanol–water partition coefficient (Wildman–Crippen LogP) is 6.68. The predicted molar refractivity (Wildman–Crippen MR) is 218 cm³/mol. The lowest BCUT2D eigenvalue weighted by Crippen LogP contribution is -2.52. The number of carbonyl (C=O) groups excluding carboxylic acids is 3. The Bertz CT molecular complexity index is 2440. The molecule has 0 radical (unpaired) electrons. The maximum Gasteiger partial charge on any atom is 0.407 e. The van der Waals surface area contributed by atoms with Gasteiger partial charge in [0.15, 0.2) is 0 Å². The van der Waals surface area contributed by atoms with Crippen molar-refractivity contribution < 1.29 is 29.0 Å². The van der Waals surface area contributed by atoms with E-state index >= 15 is 0 Å². The number of hydrogen-bond donors (Lipinski definition) is 5. The SMILES string of the molecule is COC(=O)NC(C(=O)N1[C@@H]2C[C@@H]2C[C@H]1c1ncc(-c2ccc(-c3ccc4nc(-c5cnc([C@@H]6C[C@H]7C[C@H]7N6C(=O)C(NC(=O)O)C(C)C)[nH]5)ccc4c3)cc2)[nH]1)C(C)C. The fraction of sp³-hybridized carbons (Fsp3) is 0.432. The lowest BCUT2D eigenvalue weighted by Gasteiger charge is -2.31. The number of hydrogen-bond acceptors (Lipinski definition) is 8. The van der Waals surface area contributed by atoms with Crippen molar-refractivity contribution in [1.82, 2.24) is 45.4 Å². The molecule has 0 spiro atoms. The van der Waals surface area contributed by atoms with Crippen molar-refractivity contribution in [3.63, 3.8) is 0 Å². The monoisotopic (exact) mass is 799 g/mol. The van der Waals surface area contributed by atoms with Crippen molar-refractivity contribution in [1.29, 1.82) is 0 Å². The average Bonchev–Trinajstić information content (AvgIpc) is 3.81. The molecule has 0 bridgehead atoms. The number of imidazole rings is 2. The van der Waals surface area contributed by atoms with E-state index in [-0.39, 0.29) is 47.8 Å². The van der Waals surface area contributed by atoms with E-state index < -0.39 is 24.3 Å². The molecule has 8 atom stereocenters. The second-order valence-corrected chi connectivity index (χ2v) is 17.2. The quantitative estimate of drug-likeness (QED) is 0.0968. The maximum absolute atomic E-state index is 13.8. The van der Waals surface area contributed by atoms with Crippen molar-refractivity contribution in [2.45, 2.75) is 89.6 Å². The molecular weight excluding hydrogens is 751 g/mol. The second-order valence-electron chi connectivity index (χ2n) is 17.2. The summed E-state index contributed by atoms with van der Waals surface area (Å²) in [6.07, 6.45) is 5.28. The number of likely N-dealkylation sites (tertiary alicyclic amines) is 2. The van der Waals surface area contributed by atoms with Gasteiger partial charge in [0.1, 0.15) is 23.7 Å². The molecule has 2 aliphatic heterocycles. The molecule has 5 N–H and O–H groups in total. The van der Waals surface area contributed by atoms with Gasteiger partial charge in [-0.25, -0.2) is 24.5 Å². The number of fused-ring (bicyclic) bond motifs is 3. The summed E-state index contributed by atoms with van der Waals surface area (Å²) in [6.45, 7) is 7.52. The van der Waals surface area contributed by atoms with Gasteiger partial charge in [-0.2, -0.15) is 0 Å². The number of ether oxygens (including phenoxy) is 1. The zero-order valence-corrected chi connectivity index (χ0v) is 33.7. The van der Waals surface area contributed by atoms with Crippen molar-refractivity contribution >= 4 is 34.9 Å². The zero-order chi connectivity index (χ0) is 41.3. The summed E-state index contributed by atoms with van der Waals surface area (Å²) < 4.78 is 4.80. The Morgan fingerprint density at radius 2 is 1.25 bits per heavy atom. The van der Waals surface area contributed by atoms with Crippen LogP contribution in [0.25, 0.3) is 44.7 Å². The first-order chi connectivity index (χ1) is 28.4. The molecule has 5 heterocycles. The van der Waals surface area contributed by atoms with Crippen LogP contribution in [0.5, 0.6) is 0 Å². The molecule has 59 heavy (non-hydrogen) atoms. The van der Waals surface area contributed by atoms with E-state index in [4.69, 9.17) is 14.7 Å². The topological polar surface area (TPSA) is 199 Å². The molecule has 2 unspecified atom stereocenters. The summed E-state index contributed by atoms with van der Waals surface area (Å²) in [5.74, 6) is 1.67. The molecule has 2 saturated heterocycles. The molecule has 2 aromatic carbocycles. The standard InChI is InChI=1S/C44H49N9O6/c1-21(2)37(50-43(56)57)41(54)52-33-15-28(33)18-36(52)40-46-20-32(49-40)30-13-11-26-14-25(10-12-29(26)47-30)23-6-8-24(9-7-23)31-19-45-39(48-31)35-17-27-16-34(27)53(35)42(55)38(22(3)4)51-44(58)59-5/h6-14,19-22,27-28,33-38,50H,15-18H2,1-5H3,(H,45,48)(H,46,49)(H,51,58)(H,56,57)/t27-,28-,33-,34-,35+,36+,37?,38?/m1/s1. The smallest absolute Gasteiger partial charge is 0.407 e. The molecule has 4 fully saturated rings. The van der Waals surface area contributed by atoms with E-state index in [1.165, 1.54) is 7.11 Å². The first-order valence-corrected chi connectivity index (χ1v) is 20.5. The fourth-order valence-electron chi connectivity index (χ4n) is 9.29. The van der Waals surface area contributed by atoms with Crippen LogP contribution in [0.1, 0.15) is 77.1 Å². The summed E-state index contributed by atoms with van der Waals surface area (Å²) in [7, 11) is 1.30. The Labute approximate surface area is 341 Å². The minimum atomic E-state index is -1.21. The highest BCUT2D eigenvalue weighted by Crippen LogP contribution is 2.54. The molecule has 15 nitrogen and oxygen atoms in total. The highest BCUT2D eigenvalue weighted by atomic mass is 16.5. The zero-order valence-electron chi connectivity index (χ0n) is 33.7. The number of pyridine rings is 1. The van der Waals surface area contributed by atoms with E-state index in [0.29, 0.717) is 17.7 Å². The van der Waals surface area contributed by atoms with E-state index in [2.05, 4.69) is 62.0 Å². The van der Waals surface area contributed by atoms with Crippen molar-refractivity contribution in [2.75, 3.05) is 7.11 Å². The third-order valence-electron chi connectivity index (χ3n) is 12.6. The third kappa shape index (κ3) is 7.16. The Balaban J connectivity index is 0.883. The normalized spacial score (nSPS) is 23.8. The fourth-order valence-corrected chi connectivity index (χ4v) is 9.29. The van der Waals surface area contributed by atoms with Gasteiger partial charge >= 0.3 is 12.2 Å². The van der Waals surface area contributed by atoms with Crippen LogP contribution in [0.15, 0.2) is 67.0 Å². The number of carbonyl (C=O) groups is 4. The van der Waals surface area contributed by atoms with E-state index in [1.54, 1.807) is 6.20 Å². The number of benzene rings is 2. The summed E-state index contributed by atoms with van der Waals surface area (Å²) in [5, 5.41) is 15.5. The molecule has 4 aliphatic rings. The Kier molecular flexibility index (Phi) is 9.63. The highest BCUT2D eigenvalue weighted by Gasteiger charge is 2.57. The lowest BCUT2D eigenvalue weighted by atomic mass is 10.0. The van der Waals surface area contributed by atoms with E-state index in [0.717, 1.165) is 76.2 Å². The number of alkyl carbamates (subject to hydrolysis) is 1. The minimum Gasteiger partial charge on any atom is -0.465 e. The summed E-state index contributed by atoms with van der Waals surface area (Å²) in [4.78, 5) is 76.0. The average molecular weight is 800 g/mol. The van der Waals surface area contributed by atoms with Gasteiger partial charge in [0.25, 0.3) is 0 Å². The number of nitrogens with zero attached hydrogens (tertiary/aromatic N) is 5. The van der Waals surface area contributed by atoms with E-state index in [9.17, 15) is 24.3 Å². The van der Waals surface area contributed by atoms with Gasteiger partial charge in [-0.3, -0.25) is 9.59 Å². The van der Waals surface area contributed by atoms with Gasteiger partial charge in [-0.1, -0.05) is 64.1 Å². The number of carboxylic acid groups (broad SMARTS) is 1. The van der Waals surface area contributed by atoms with Gasteiger partial charge in [-0.05, 0) is 84.2 Å². The molecule has 15 heteroatoms. The largest absolute Gasteiger partial charge is 0.465 e. The summed E-state index contributed by atoms with van der Waals surface area (Å²) >= 11 is 0. The lowest BCUT2D eigenvalue weighted by molar-refractivity contribution is -0.137. The second kappa shape index (κ2) is 14.8. The van der Waals surface area contributed by atoms with Gasteiger partial charge in [0, 0.05) is 17.5 Å². The number of amides is 4. The number of methoxy groups -OCH3 is 1. The Morgan fingerprint density at radius 1 is 0.712 bits per heavy atom. The first kappa shape index (κ1) is 38.3. The number of H-pyrrole nitrogens is 2. The third-order valence-corrected chi connectivity index (χ3v) is 12.6. The first-order valence-electron chi connectivity index (χ1n) is 20.5. The van der Waals surface area contributed by atoms with E-state index in [1.807, 2.05) is 61.9 Å². The van der Waals surface area contributed by atoms with Gasteiger partial charge in [-0.15, -0.1) is 0 Å².